The van der Waals surface area contributed by atoms with Gasteiger partial charge >= 0.3 is 0 Å². The Morgan fingerprint density at radius 1 is 1.19 bits per heavy atom. The fraction of sp³-hybridized carbons (Fsp3) is 0.407. The van der Waals surface area contributed by atoms with Gasteiger partial charge in [-0.3, -0.25) is 4.79 Å². The standard InChI is InChI=1S/C27H33N3O2/c1-17(2)22-14-19(15-26-29-23-10-6-7-11-24(23)30-26)18(3)13-20(22)16-28-27(31)21-9-5-8-12-25(21)32-4/h5-13,17,19-20,22H,14-16H2,1-4H3,(H,28,31)(H,29,30)/t19-,20-,22-/m0/s1. The number of rotatable bonds is 7. The predicted octanol–water partition coefficient (Wildman–Crippen LogP) is 5.40. The van der Waals surface area contributed by atoms with Gasteiger partial charge in [0.05, 0.1) is 23.7 Å². The fourth-order valence-corrected chi connectivity index (χ4v) is 4.98. The molecule has 1 aromatic heterocycles. The van der Waals surface area contributed by atoms with Crippen molar-refractivity contribution in [3.63, 3.8) is 0 Å². The molecule has 5 nitrogen and oxygen atoms in total. The Hall–Kier alpha value is -3.08. The van der Waals surface area contributed by atoms with Gasteiger partial charge in [0.1, 0.15) is 11.6 Å². The number of nitrogens with one attached hydrogen (secondary N) is 2. The molecule has 0 unspecified atom stereocenters. The van der Waals surface area contributed by atoms with Crippen molar-refractivity contribution in [3.05, 3.63) is 71.6 Å². The van der Waals surface area contributed by atoms with Crippen LogP contribution in [0.1, 0.15) is 43.4 Å². The zero-order chi connectivity index (χ0) is 22.7. The van der Waals surface area contributed by atoms with Crippen LogP contribution in [0, 0.1) is 23.7 Å². The maximum atomic E-state index is 12.8. The molecule has 1 heterocycles. The number of benzene rings is 2. The number of carbonyl (C=O) groups excluding carboxylic acids is 1. The second kappa shape index (κ2) is 9.60. The first kappa shape index (κ1) is 22.1. The van der Waals surface area contributed by atoms with Gasteiger partial charge in [-0.05, 0) is 61.3 Å². The lowest BCUT2D eigenvalue weighted by Gasteiger charge is -2.37. The fourth-order valence-electron chi connectivity index (χ4n) is 4.98. The molecule has 4 rings (SSSR count). The second-order valence-electron chi connectivity index (χ2n) is 9.23. The lowest BCUT2D eigenvalue weighted by atomic mass is 9.69. The van der Waals surface area contributed by atoms with Gasteiger partial charge in [-0.25, -0.2) is 4.98 Å². The van der Waals surface area contributed by atoms with Gasteiger partial charge in [0.2, 0.25) is 0 Å². The van der Waals surface area contributed by atoms with Crippen molar-refractivity contribution in [2.45, 2.75) is 33.6 Å². The largest absolute Gasteiger partial charge is 0.496 e. The van der Waals surface area contributed by atoms with Crippen LogP contribution < -0.4 is 10.1 Å². The van der Waals surface area contributed by atoms with E-state index in [1.165, 1.54) is 5.57 Å². The van der Waals surface area contributed by atoms with Crippen molar-refractivity contribution in [2.75, 3.05) is 13.7 Å². The molecular weight excluding hydrogens is 398 g/mol. The van der Waals surface area contributed by atoms with Crippen LogP contribution in [0.25, 0.3) is 11.0 Å². The highest BCUT2D eigenvalue weighted by molar-refractivity contribution is 5.96. The van der Waals surface area contributed by atoms with E-state index in [4.69, 9.17) is 9.72 Å². The van der Waals surface area contributed by atoms with E-state index < -0.39 is 0 Å². The van der Waals surface area contributed by atoms with Gasteiger partial charge in [-0.1, -0.05) is 49.8 Å². The zero-order valence-electron chi connectivity index (χ0n) is 19.4. The van der Waals surface area contributed by atoms with Crippen LogP contribution in [-0.2, 0) is 6.42 Å². The topological polar surface area (TPSA) is 67.0 Å². The van der Waals surface area contributed by atoms with E-state index in [2.05, 4.69) is 49.3 Å². The van der Waals surface area contributed by atoms with E-state index in [1.54, 1.807) is 13.2 Å². The molecule has 168 valence electrons. The number of allylic oxidation sites excluding steroid dienone is 1. The van der Waals surface area contributed by atoms with E-state index in [9.17, 15) is 4.79 Å². The summed E-state index contributed by atoms with van der Waals surface area (Å²) in [4.78, 5) is 21.1. The maximum absolute atomic E-state index is 12.8. The molecule has 0 bridgehead atoms. The predicted molar refractivity (Wildman–Crippen MR) is 129 cm³/mol. The number of amides is 1. The minimum Gasteiger partial charge on any atom is -0.496 e. The van der Waals surface area contributed by atoms with E-state index in [1.807, 2.05) is 30.3 Å². The number of imidazole rings is 1. The summed E-state index contributed by atoms with van der Waals surface area (Å²) in [5.74, 6) is 3.39. The first-order valence-corrected chi connectivity index (χ1v) is 11.5. The first-order chi connectivity index (χ1) is 15.5. The molecule has 1 aliphatic rings. The quantitative estimate of drug-likeness (QED) is 0.492. The molecule has 3 atom stereocenters. The van der Waals surface area contributed by atoms with Gasteiger partial charge < -0.3 is 15.0 Å². The van der Waals surface area contributed by atoms with E-state index in [0.29, 0.717) is 41.5 Å². The highest BCUT2D eigenvalue weighted by Crippen LogP contribution is 2.38. The number of H-pyrrole nitrogens is 1. The number of nitrogens with zero attached hydrogens (tertiary/aromatic N) is 1. The number of ether oxygens (including phenoxy) is 1. The molecule has 2 aromatic carbocycles. The van der Waals surface area contributed by atoms with Crippen molar-refractivity contribution in [1.82, 2.24) is 15.3 Å². The van der Waals surface area contributed by atoms with Crippen LogP contribution >= 0.6 is 0 Å². The van der Waals surface area contributed by atoms with Gasteiger partial charge in [0.15, 0.2) is 0 Å². The first-order valence-electron chi connectivity index (χ1n) is 11.5. The maximum Gasteiger partial charge on any atom is 0.255 e. The van der Waals surface area contributed by atoms with Gasteiger partial charge in [0.25, 0.3) is 5.91 Å². The summed E-state index contributed by atoms with van der Waals surface area (Å²) in [6.45, 7) is 7.42. The molecule has 0 fully saturated rings. The SMILES string of the molecule is COc1ccccc1C(=O)NC[C@@H]1C=C(C)[C@H](Cc2nc3ccccc3[nH]2)C[C@H]1C(C)C. The minimum absolute atomic E-state index is 0.0830. The Morgan fingerprint density at radius 2 is 1.94 bits per heavy atom. The molecule has 1 amide bonds. The summed E-state index contributed by atoms with van der Waals surface area (Å²) in [7, 11) is 1.59. The van der Waals surface area contributed by atoms with Crippen LogP contribution in [0.5, 0.6) is 5.75 Å². The monoisotopic (exact) mass is 431 g/mol. The summed E-state index contributed by atoms with van der Waals surface area (Å²) >= 11 is 0. The molecule has 3 aromatic rings. The number of fused-ring (bicyclic) bond motifs is 1. The van der Waals surface area contributed by atoms with Crippen molar-refractivity contribution >= 4 is 16.9 Å². The van der Waals surface area contributed by atoms with Gasteiger partial charge in [0, 0.05) is 13.0 Å². The number of para-hydroxylation sites is 3. The molecular formula is C27H33N3O2. The average molecular weight is 432 g/mol. The Morgan fingerprint density at radius 3 is 2.69 bits per heavy atom. The third kappa shape index (κ3) is 4.72. The average Bonchev–Trinajstić information content (AvgIpc) is 3.21. The minimum atomic E-state index is -0.0830. The molecule has 0 radical (unpaired) electrons. The summed E-state index contributed by atoms with van der Waals surface area (Å²) in [6, 6.07) is 15.6. The molecule has 32 heavy (non-hydrogen) atoms. The molecule has 2 N–H and O–H groups in total. The molecule has 5 heteroatoms. The van der Waals surface area contributed by atoms with Crippen molar-refractivity contribution in [3.8, 4) is 5.75 Å². The lowest BCUT2D eigenvalue weighted by Crippen LogP contribution is -2.37. The van der Waals surface area contributed by atoms with E-state index in [0.717, 1.165) is 29.7 Å². The van der Waals surface area contributed by atoms with Crippen LogP contribution in [0.15, 0.2) is 60.2 Å². The van der Waals surface area contributed by atoms with Gasteiger partial charge in [-0.2, -0.15) is 0 Å². The number of hydrogen-bond acceptors (Lipinski definition) is 3. The van der Waals surface area contributed by atoms with Crippen LogP contribution in [0.2, 0.25) is 0 Å². The van der Waals surface area contributed by atoms with Crippen molar-refractivity contribution in [1.29, 1.82) is 0 Å². The Bertz CT molecular complexity index is 1080. The number of aromatic amines is 1. The zero-order valence-corrected chi connectivity index (χ0v) is 19.4. The van der Waals surface area contributed by atoms with Crippen LogP contribution in [0.3, 0.4) is 0 Å². The van der Waals surface area contributed by atoms with Crippen LogP contribution in [-0.4, -0.2) is 29.5 Å². The molecule has 0 saturated carbocycles. The summed E-state index contributed by atoms with van der Waals surface area (Å²) in [5.41, 5.74) is 4.09. The number of hydrogen-bond donors (Lipinski definition) is 2. The second-order valence-corrected chi connectivity index (χ2v) is 9.23. The Balaban J connectivity index is 1.47. The van der Waals surface area contributed by atoms with Crippen LogP contribution in [0.4, 0.5) is 0 Å². The smallest absolute Gasteiger partial charge is 0.255 e. The van der Waals surface area contributed by atoms with Crippen molar-refractivity contribution < 1.29 is 9.53 Å². The third-order valence-corrected chi connectivity index (χ3v) is 6.81. The third-order valence-electron chi connectivity index (χ3n) is 6.81. The number of carbonyl (C=O) groups is 1. The molecule has 1 aliphatic carbocycles. The van der Waals surface area contributed by atoms with Gasteiger partial charge in [-0.15, -0.1) is 0 Å². The Labute approximate surface area is 190 Å². The van der Waals surface area contributed by atoms with E-state index in [-0.39, 0.29) is 5.91 Å². The molecule has 0 spiro atoms. The molecule has 0 saturated heterocycles. The van der Waals surface area contributed by atoms with E-state index >= 15 is 0 Å². The highest BCUT2D eigenvalue weighted by atomic mass is 16.5. The summed E-state index contributed by atoms with van der Waals surface area (Å²) in [5, 5.41) is 3.15. The Kier molecular flexibility index (Phi) is 6.63. The normalized spacial score (nSPS) is 20.9. The number of aromatic nitrogens is 2. The summed E-state index contributed by atoms with van der Waals surface area (Å²) in [6.07, 6.45) is 4.40. The number of methoxy groups -OCH3 is 1. The summed E-state index contributed by atoms with van der Waals surface area (Å²) < 4.78 is 5.35. The molecule has 0 aliphatic heterocycles. The highest BCUT2D eigenvalue weighted by Gasteiger charge is 2.32. The van der Waals surface area contributed by atoms with Crippen molar-refractivity contribution in [2.24, 2.45) is 23.7 Å². The lowest BCUT2D eigenvalue weighted by molar-refractivity contribution is 0.0936.